The molecule has 0 N–H and O–H groups in total. The van der Waals surface area contributed by atoms with Crippen molar-refractivity contribution in [1.82, 2.24) is 14.8 Å². The van der Waals surface area contributed by atoms with E-state index in [-0.39, 0.29) is 26.6 Å². The van der Waals surface area contributed by atoms with Crippen LogP contribution in [0.25, 0.3) is 21.5 Å². The standard InChI is InChI=1S/C13H8BrClF3N3OS/c1-4-19-10-7(6(16)3-5(15)11(10)23-4)9-8(14)12(21(2)20-9)22-13(17)18/h3,13H,1-2H3. The summed E-state index contributed by atoms with van der Waals surface area (Å²) in [4.78, 5) is 4.29. The van der Waals surface area contributed by atoms with E-state index in [2.05, 4.69) is 30.7 Å². The van der Waals surface area contributed by atoms with Gasteiger partial charge in [-0.2, -0.15) is 13.9 Å². The van der Waals surface area contributed by atoms with Crippen LogP contribution in [-0.4, -0.2) is 21.4 Å². The number of thiazole rings is 1. The summed E-state index contributed by atoms with van der Waals surface area (Å²) in [6.07, 6.45) is 0. The molecule has 0 aliphatic carbocycles. The van der Waals surface area contributed by atoms with Gasteiger partial charge >= 0.3 is 6.61 Å². The molecule has 2 aromatic heterocycles. The quantitative estimate of drug-likeness (QED) is 0.581. The predicted octanol–water partition coefficient (Wildman–Crippen LogP) is 5.16. The SMILES string of the molecule is Cc1nc2c(-c3nn(C)c(OC(F)F)c3Br)c(F)cc(Cl)c2s1. The van der Waals surface area contributed by atoms with Crippen molar-refractivity contribution in [3.8, 4) is 17.1 Å². The van der Waals surface area contributed by atoms with Gasteiger partial charge in [-0.3, -0.25) is 0 Å². The number of alkyl halides is 2. The number of halogens is 5. The Balaban J connectivity index is 2.29. The van der Waals surface area contributed by atoms with Crippen molar-refractivity contribution in [1.29, 1.82) is 0 Å². The molecule has 0 bridgehead atoms. The number of hydrogen-bond donors (Lipinski definition) is 0. The summed E-state index contributed by atoms with van der Waals surface area (Å²) in [6, 6.07) is 1.16. The fraction of sp³-hybridized carbons (Fsp3) is 0.231. The normalized spacial score (nSPS) is 11.7. The summed E-state index contributed by atoms with van der Waals surface area (Å²) < 4.78 is 45.7. The first kappa shape index (κ1) is 16.5. The molecule has 122 valence electrons. The molecule has 1 aromatic carbocycles. The van der Waals surface area contributed by atoms with E-state index >= 15 is 0 Å². The number of benzene rings is 1. The number of hydrogen-bond acceptors (Lipinski definition) is 4. The van der Waals surface area contributed by atoms with E-state index in [1.807, 2.05) is 0 Å². The Labute approximate surface area is 146 Å². The van der Waals surface area contributed by atoms with Crippen molar-refractivity contribution < 1.29 is 17.9 Å². The van der Waals surface area contributed by atoms with Crippen LogP contribution < -0.4 is 4.74 Å². The fourth-order valence-electron chi connectivity index (χ4n) is 2.20. The first-order valence-electron chi connectivity index (χ1n) is 6.22. The van der Waals surface area contributed by atoms with Crippen LogP contribution in [0.4, 0.5) is 13.2 Å². The Bertz CT molecular complexity index is 912. The lowest BCUT2D eigenvalue weighted by atomic mass is 10.1. The molecule has 0 atom stereocenters. The minimum Gasteiger partial charge on any atom is -0.416 e. The zero-order chi connectivity index (χ0) is 16.9. The van der Waals surface area contributed by atoms with Gasteiger partial charge in [-0.25, -0.2) is 14.1 Å². The van der Waals surface area contributed by atoms with Crippen LogP contribution in [0.15, 0.2) is 10.5 Å². The molecule has 0 aliphatic heterocycles. The van der Waals surface area contributed by atoms with Crippen molar-refractivity contribution in [2.45, 2.75) is 13.5 Å². The van der Waals surface area contributed by atoms with E-state index < -0.39 is 12.4 Å². The Morgan fingerprint density at radius 2 is 2.13 bits per heavy atom. The minimum atomic E-state index is -3.02. The highest BCUT2D eigenvalue weighted by Crippen LogP contribution is 2.42. The van der Waals surface area contributed by atoms with Crippen LogP contribution >= 0.6 is 38.9 Å². The van der Waals surface area contributed by atoms with E-state index in [0.717, 1.165) is 10.7 Å². The number of aromatic nitrogens is 3. The fourth-order valence-corrected chi connectivity index (χ4v) is 3.96. The van der Waals surface area contributed by atoms with Crippen molar-refractivity contribution in [2.75, 3.05) is 0 Å². The zero-order valence-electron chi connectivity index (χ0n) is 11.7. The van der Waals surface area contributed by atoms with E-state index in [1.54, 1.807) is 6.92 Å². The summed E-state index contributed by atoms with van der Waals surface area (Å²) in [5.41, 5.74) is 0.535. The molecule has 23 heavy (non-hydrogen) atoms. The predicted molar refractivity (Wildman–Crippen MR) is 85.9 cm³/mol. The largest absolute Gasteiger partial charge is 0.416 e. The molecule has 10 heteroatoms. The Hall–Kier alpha value is -1.32. The average Bonchev–Trinajstić information content (AvgIpc) is 2.95. The lowest BCUT2D eigenvalue weighted by Crippen LogP contribution is -2.06. The second kappa shape index (κ2) is 5.95. The average molecular weight is 427 g/mol. The maximum atomic E-state index is 14.5. The summed E-state index contributed by atoms with van der Waals surface area (Å²) >= 11 is 10.5. The molecule has 0 radical (unpaired) electrons. The highest BCUT2D eigenvalue weighted by atomic mass is 79.9. The van der Waals surface area contributed by atoms with Gasteiger partial charge in [0.25, 0.3) is 0 Å². The summed E-state index contributed by atoms with van der Waals surface area (Å²) in [6.45, 7) is -1.26. The van der Waals surface area contributed by atoms with Gasteiger partial charge in [-0.15, -0.1) is 11.3 Å². The van der Waals surface area contributed by atoms with Crippen LogP contribution in [0.2, 0.25) is 5.02 Å². The summed E-state index contributed by atoms with van der Waals surface area (Å²) in [5.74, 6) is -0.848. The molecule has 0 fully saturated rings. The van der Waals surface area contributed by atoms with Crippen molar-refractivity contribution in [3.05, 3.63) is 26.4 Å². The van der Waals surface area contributed by atoms with E-state index in [9.17, 15) is 13.2 Å². The molecule has 0 saturated carbocycles. The van der Waals surface area contributed by atoms with Gasteiger partial charge in [0.15, 0.2) is 0 Å². The third-order valence-electron chi connectivity index (χ3n) is 3.06. The van der Waals surface area contributed by atoms with Crippen LogP contribution in [-0.2, 0) is 7.05 Å². The molecule has 3 aromatic rings. The van der Waals surface area contributed by atoms with E-state index in [0.29, 0.717) is 15.2 Å². The third kappa shape index (κ3) is 2.81. The smallest absolute Gasteiger partial charge is 0.388 e. The summed E-state index contributed by atoms with van der Waals surface area (Å²) in [5, 5.41) is 5.01. The number of fused-ring (bicyclic) bond motifs is 1. The van der Waals surface area contributed by atoms with Gasteiger partial charge in [0, 0.05) is 7.05 Å². The van der Waals surface area contributed by atoms with Gasteiger partial charge in [0.05, 0.1) is 25.8 Å². The Kier molecular flexibility index (Phi) is 4.28. The molecule has 2 heterocycles. The van der Waals surface area contributed by atoms with Gasteiger partial charge < -0.3 is 4.74 Å². The van der Waals surface area contributed by atoms with Crippen molar-refractivity contribution in [2.24, 2.45) is 7.05 Å². The third-order valence-corrected chi connectivity index (χ3v) is 5.19. The van der Waals surface area contributed by atoms with Gasteiger partial charge in [-0.1, -0.05) is 11.6 Å². The maximum Gasteiger partial charge on any atom is 0.388 e. The van der Waals surface area contributed by atoms with Gasteiger partial charge in [0.2, 0.25) is 5.88 Å². The van der Waals surface area contributed by atoms with Gasteiger partial charge in [0.1, 0.15) is 16.0 Å². The minimum absolute atomic E-state index is 0.0836. The Morgan fingerprint density at radius 1 is 1.43 bits per heavy atom. The monoisotopic (exact) mass is 425 g/mol. The number of rotatable bonds is 3. The molecule has 0 unspecified atom stereocenters. The molecule has 0 saturated heterocycles. The van der Waals surface area contributed by atoms with Gasteiger partial charge in [-0.05, 0) is 28.9 Å². The topological polar surface area (TPSA) is 39.9 Å². The first-order chi connectivity index (χ1) is 10.8. The number of aryl methyl sites for hydroxylation is 2. The Morgan fingerprint density at radius 3 is 2.78 bits per heavy atom. The molecule has 0 amide bonds. The molecule has 3 rings (SSSR count). The number of nitrogens with zero attached hydrogens (tertiary/aromatic N) is 3. The van der Waals surface area contributed by atoms with Crippen LogP contribution in [0.3, 0.4) is 0 Å². The zero-order valence-corrected chi connectivity index (χ0v) is 14.9. The summed E-state index contributed by atoms with van der Waals surface area (Å²) in [7, 11) is 1.42. The van der Waals surface area contributed by atoms with E-state index in [4.69, 9.17) is 11.6 Å². The second-order valence-electron chi connectivity index (χ2n) is 4.60. The van der Waals surface area contributed by atoms with Crippen LogP contribution in [0, 0.1) is 12.7 Å². The van der Waals surface area contributed by atoms with Crippen molar-refractivity contribution in [3.63, 3.8) is 0 Å². The second-order valence-corrected chi connectivity index (χ2v) is 7.00. The molecular formula is C13H8BrClF3N3OS. The highest BCUT2D eigenvalue weighted by Gasteiger charge is 2.25. The van der Waals surface area contributed by atoms with E-state index in [1.165, 1.54) is 18.4 Å². The molecule has 0 aliphatic rings. The molecule has 0 spiro atoms. The molecular weight excluding hydrogens is 419 g/mol. The maximum absolute atomic E-state index is 14.5. The molecule has 4 nitrogen and oxygen atoms in total. The lowest BCUT2D eigenvalue weighted by Gasteiger charge is -2.05. The van der Waals surface area contributed by atoms with Crippen molar-refractivity contribution >= 4 is 49.1 Å². The van der Waals surface area contributed by atoms with Crippen LogP contribution in [0.5, 0.6) is 5.88 Å². The van der Waals surface area contributed by atoms with Crippen LogP contribution in [0.1, 0.15) is 5.01 Å². The first-order valence-corrected chi connectivity index (χ1v) is 8.21. The number of ether oxygens (including phenoxy) is 1. The lowest BCUT2D eigenvalue weighted by molar-refractivity contribution is -0.0558. The highest BCUT2D eigenvalue weighted by molar-refractivity contribution is 9.10.